The summed E-state index contributed by atoms with van der Waals surface area (Å²) < 4.78 is 26.6. The van der Waals surface area contributed by atoms with Crippen LogP contribution in [0.25, 0.3) is 0 Å². The second-order valence-electron chi connectivity index (χ2n) is 5.90. The van der Waals surface area contributed by atoms with Crippen LogP contribution >= 0.6 is 11.3 Å². The molecule has 3 N–H and O–H groups in total. The van der Waals surface area contributed by atoms with E-state index in [1.165, 1.54) is 19.4 Å². The Kier molecular flexibility index (Phi) is 6.76. The third kappa shape index (κ3) is 5.57. The zero-order chi connectivity index (χ0) is 17.6. The molecule has 7 nitrogen and oxygen atoms in total. The molecule has 1 unspecified atom stereocenters. The van der Waals surface area contributed by atoms with Gasteiger partial charge in [0.15, 0.2) is 0 Å². The highest BCUT2D eigenvalue weighted by Gasteiger charge is 2.23. The lowest BCUT2D eigenvalue weighted by Crippen LogP contribution is -2.48. The van der Waals surface area contributed by atoms with Crippen LogP contribution in [0.5, 0.6) is 0 Å². The predicted octanol–water partition coefficient (Wildman–Crippen LogP) is 0.980. The second kappa shape index (κ2) is 8.59. The first kappa shape index (κ1) is 18.9. The Hall–Kier alpha value is -1.45. The summed E-state index contributed by atoms with van der Waals surface area (Å²) in [4.78, 5) is 23.8. The average Bonchev–Trinajstić information content (AvgIpc) is 3.08. The molecule has 1 atom stereocenters. The molecule has 1 saturated carbocycles. The molecule has 1 aliphatic rings. The monoisotopic (exact) mass is 373 g/mol. The minimum Gasteiger partial charge on any atom is -0.352 e. The van der Waals surface area contributed by atoms with Crippen LogP contribution in [-0.2, 0) is 19.6 Å². The second-order valence-corrected chi connectivity index (χ2v) is 8.78. The van der Waals surface area contributed by atoms with Crippen LogP contribution in [0, 0.1) is 0 Å². The number of amides is 2. The van der Waals surface area contributed by atoms with Crippen molar-refractivity contribution in [2.24, 2.45) is 0 Å². The van der Waals surface area contributed by atoms with Crippen LogP contribution in [0.2, 0.25) is 0 Å². The molecule has 2 amide bonds. The smallest absolute Gasteiger partial charge is 0.250 e. The Morgan fingerprint density at radius 3 is 2.62 bits per heavy atom. The molecule has 24 heavy (non-hydrogen) atoms. The Morgan fingerprint density at radius 2 is 2.00 bits per heavy atom. The molecule has 1 aromatic rings. The highest BCUT2D eigenvalue weighted by atomic mass is 32.2. The van der Waals surface area contributed by atoms with E-state index in [0.29, 0.717) is 0 Å². The highest BCUT2D eigenvalue weighted by Crippen LogP contribution is 2.17. The Morgan fingerprint density at radius 1 is 1.29 bits per heavy atom. The van der Waals surface area contributed by atoms with Gasteiger partial charge in [0.1, 0.15) is 4.21 Å². The standard InChI is InChI=1S/C15H23N3O4S2/c1-11(18-24(21,22)14-8-5-9-23-14)15(20)16-10-13(19)17-12-6-3-2-4-7-12/h5,8-9,11-12,18H,2-4,6-7,10H2,1H3,(H,16,20)(H,17,19). The number of hydrogen-bond acceptors (Lipinski definition) is 5. The van der Waals surface area contributed by atoms with E-state index in [2.05, 4.69) is 15.4 Å². The first-order valence-corrected chi connectivity index (χ1v) is 10.4. The number of rotatable bonds is 7. The van der Waals surface area contributed by atoms with Crippen LogP contribution in [0.1, 0.15) is 39.0 Å². The van der Waals surface area contributed by atoms with Gasteiger partial charge in [0.25, 0.3) is 10.0 Å². The quantitative estimate of drug-likeness (QED) is 0.663. The number of nitrogens with one attached hydrogen (secondary N) is 3. The van der Waals surface area contributed by atoms with Crippen molar-refractivity contribution >= 4 is 33.2 Å². The van der Waals surface area contributed by atoms with Gasteiger partial charge in [-0.1, -0.05) is 25.3 Å². The van der Waals surface area contributed by atoms with Crippen molar-refractivity contribution in [3.63, 3.8) is 0 Å². The Labute approximate surface area is 146 Å². The molecule has 1 heterocycles. The zero-order valence-corrected chi connectivity index (χ0v) is 15.2. The predicted molar refractivity (Wildman–Crippen MR) is 92.1 cm³/mol. The van der Waals surface area contributed by atoms with E-state index in [-0.39, 0.29) is 22.7 Å². The summed E-state index contributed by atoms with van der Waals surface area (Å²) in [7, 11) is -3.72. The normalized spacial score (nSPS) is 17.2. The fraction of sp³-hybridized carbons (Fsp3) is 0.600. The average molecular weight is 374 g/mol. The summed E-state index contributed by atoms with van der Waals surface area (Å²) in [5.74, 6) is -0.780. The number of sulfonamides is 1. The molecule has 1 aliphatic carbocycles. The van der Waals surface area contributed by atoms with E-state index >= 15 is 0 Å². The largest absolute Gasteiger partial charge is 0.352 e. The van der Waals surface area contributed by atoms with Crippen molar-refractivity contribution in [1.29, 1.82) is 0 Å². The van der Waals surface area contributed by atoms with Gasteiger partial charge in [-0.3, -0.25) is 9.59 Å². The number of carbonyl (C=O) groups is 2. The minimum atomic E-state index is -3.72. The van der Waals surface area contributed by atoms with Crippen molar-refractivity contribution in [2.45, 2.75) is 55.3 Å². The molecule has 0 radical (unpaired) electrons. The molecule has 2 rings (SSSR count). The van der Waals surface area contributed by atoms with Gasteiger partial charge >= 0.3 is 0 Å². The first-order chi connectivity index (χ1) is 11.4. The Balaban J connectivity index is 1.76. The SMILES string of the molecule is CC(NS(=O)(=O)c1cccs1)C(=O)NCC(=O)NC1CCCCC1. The molecule has 0 spiro atoms. The van der Waals surface area contributed by atoms with E-state index in [9.17, 15) is 18.0 Å². The van der Waals surface area contributed by atoms with Gasteiger partial charge in [-0.15, -0.1) is 11.3 Å². The van der Waals surface area contributed by atoms with Crippen LogP contribution in [0.15, 0.2) is 21.7 Å². The molecule has 134 valence electrons. The fourth-order valence-corrected chi connectivity index (χ4v) is 4.82. The molecule has 1 aromatic heterocycles. The summed E-state index contributed by atoms with van der Waals surface area (Å²) in [5.41, 5.74) is 0. The van der Waals surface area contributed by atoms with Gasteiger partial charge in [0.05, 0.1) is 12.6 Å². The van der Waals surface area contributed by atoms with Crippen LogP contribution in [0.4, 0.5) is 0 Å². The van der Waals surface area contributed by atoms with Crippen molar-refractivity contribution in [3.05, 3.63) is 17.5 Å². The maximum atomic E-state index is 12.0. The molecular weight excluding hydrogens is 350 g/mol. The third-order valence-electron chi connectivity index (χ3n) is 3.88. The van der Waals surface area contributed by atoms with Gasteiger partial charge in [0, 0.05) is 6.04 Å². The summed E-state index contributed by atoms with van der Waals surface area (Å²) in [6.07, 6.45) is 5.36. The summed E-state index contributed by atoms with van der Waals surface area (Å²) >= 11 is 1.07. The summed E-state index contributed by atoms with van der Waals surface area (Å²) in [5, 5.41) is 7.01. The van der Waals surface area contributed by atoms with Gasteiger partial charge in [-0.2, -0.15) is 4.72 Å². The topological polar surface area (TPSA) is 104 Å². The molecule has 0 aromatic carbocycles. The van der Waals surface area contributed by atoms with Gasteiger partial charge in [0.2, 0.25) is 11.8 Å². The van der Waals surface area contributed by atoms with Crippen LogP contribution in [0.3, 0.4) is 0 Å². The molecule has 0 saturated heterocycles. The fourth-order valence-electron chi connectivity index (χ4n) is 2.61. The highest BCUT2D eigenvalue weighted by molar-refractivity contribution is 7.91. The molecule has 9 heteroatoms. The van der Waals surface area contributed by atoms with Crippen LogP contribution < -0.4 is 15.4 Å². The summed E-state index contributed by atoms with van der Waals surface area (Å²) in [6, 6.07) is 2.31. The maximum absolute atomic E-state index is 12.0. The zero-order valence-electron chi connectivity index (χ0n) is 13.6. The maximum Gasteiger partial charge on any atom is 0.250 e. The van der Waals surface area contributed by atoms with E-state index < -0.39 is 22.0 Å². The van der Waals surface area contributed by atoms with Gasteiger partial charge in [-0.25, -0.2) is 8.42 Å². The lowest BCUT2D eigenvalue weighted by Gasteiger charge is -2.23. The van der Waals surface area contributed by atoms with E-state index in [1.807, 2.05) is 0 Å². The van der Waals surface area contributed by atoms with Gasteiger partial charge in [-0.05, 0) is 31.2 Å². The molecular formula is C15H23N3O4S2. The van der Waals surface area contributed by atoms with Crippen molar-refractivity contribution < 1.29 is 18.0 Å². The van der Waals surface area contributed by atoms with E-state index in [4.69, 9.17) is 0 Å². The summed E-state index contributed by atoms with van der Waals surface area (Å²) in [6.45, 7) is 1.29. The van der Waals surface area contributed by atoms with Crippen molar-refractivity contribution in [3.8, 4) is 0 Å². The third-order valence-corrected chi connectivity index (χ3v) is 6.82. The molecule has 1 fully saturated rings. The molecule has 0 bridgehead atoms. The first-order valence-electron chi connectivity index (χ1n) is 8.01. The van der Waals surface area contributed by atoms with Crippen molar-refractivity contribution in [2.75, 3.05) is 6.54 Å². The van der Waals surface area contributed by atoms with E-state index in [1.54, 1.807) is 11.4 Å². The number of thiophene rings is 1. The van der Waals surface area contributed by atoms with Crippen molar-refractivity contribution in [1.82, 2.24) is 15.4 Å². The molecule has 0 aliphatic heterocycles. The number of hydrogen-bond donors (Lipinski definition) is 3. The van der Waals surface area contributed by atoms with Crippen LogP contribution in [-0.4, -0.2) is 38.9 Å². The lowest BCUT2D eigenvalue weighted by molar-refractivity contribution is -0.127. The number of carbonyl (C=O) groups excluding carboxylic acids is 2. The minimum absolute atomic E-state index is 0.150. The van der Waals surface area contributed by atoms with Gasteiger partial charge < -0.3 is 10.6 Å². The Bertz CT molecular complexity index is 652. The van der Waals surface area contributed by atoms with E-state index in [0.717, 1.165) is 37.0 Å². The lowest BCUT2D eigenvalue weighted by atomic mass is 9.95.